The van der Waals surface area contributed by atoms with Crippen LogP contribution in [0.4, 0.5) is 10.1 Å². The Morgan fingerprint density at radius 3 is 2.56 bits per heavy atom. The summed E-state index contributed by atoms with van der Waals surface area (Å²) in [4.78, 5) is 28.8. The van der Waals surface area contributed by atoms with Gasteiger partial charge in [-0.2, -0.15) is 0 Å². The van der Waals surface area contributed by atoms with Gasteiger partial charge >= 0.3 is 0 Å². The van der Waals surface area contributed by atoms with Crippen molar-refractivity contribution in [3.05, 3.63) is 97.7 Å². The molecule has 1 fully saturated rings. The Kier molecular flexibility index (Phi) is 7.43. The number of ketones is 1. The first kappa shape index (κ1) is 24.9. The van der Waals surface area contributed by atoms with Crippen molar-refractivity contribution >= 4 is 56.5 Å². The van der Waals surface area contributed by atoms with Crippen LogP contribution >= 0.6 is 39.1 Å². The van der Waals surface area contributed by atoms with Crippen molar-refractivity contribution in [2.45, 2.75) is 31.8 Å². The second-order valence-electron chi connectivity index (χ2n) is 8.50. The summed E-state index contributed by atoms with van der Waals surface area (Å²) in [5.74, 6) is -1.34. The third-order valence-corrected chi connectivity index (χ3v) is 7.46. The van der Waals surface area contributed by atoms with Gasteiger partial charge in [-0.15, -0.1) is 0 Å². The maximum absolute atomic E-state index is 14.3. The van der Waals surface area contributed by atoms with Crippen LogP contribution in [0.5, 0.6) is 0 Å². The fraction of sp³-hybridized carbons (Fsp3) is 0.231. The number of nitrogens with one attached hydrogen (secondary N) is 1. The molecule has 34 heavy (non-hydrogen) atoms. The minimum Gasteiger partial charge on any atom is -0.324 e. The third kappa shape index (κ3) is 5.05. The highest BCUT2D eigenvalue weighted by atomic mass is 79.9. The van der Waals surface area contributed by atoms with E-state index in [0.29, 0.717) is 33.2 Å². The van der Waals surface area contributed by atoms with E-state index < -0.39 is 17.1 Å². The lowest BCUT2D eigenvalue weighted by molar-refractivity contribution is -0.125. The molecule has 0 bridgehead atoms. The monoisotopic (exact) mass is 562 g/mol. The summed E-state index contributed by atoms with van der Waals surface area (Å²) in [7, 11) is 0. The topological polar surface area (TPSA) is 49.4 Å². The van der Waals surface area contributed by atoms with Crippen LogP contribution in [0.1, 0.15) is 41.3 Å². The first-order chi connectivity index (χ1) is 16.2. The van der Waals surface area contributed by atoms with E-state index in [1.807, 2.05) is 13.0 Å². The minimum absolute atomic E-state index is 0.0515. The number of carbonyl (C=O) groups excluding carboxylic acids is 2. The van der Waals surface area contributed by atoms with E-state index in [-0.39, 0.29) is 17.0 Å². The SMILES string of the molecule is C[C@]1(C(=O)Nc2ccc(Br)cc2C(=O)c2ccccc2F)CCCN1Cc1ccc(Cl)c(Cl)c1. The summed E-state index contributed by atoms with van der Waals surface area (Å²) in [6.07, 6.45) is 1.51. The molecule has 1 amide bonds. The molecule has 3 aromatic carbocycles. The number of benzene rings is 3. The van der Waals surface area contributed by atoms with Gasteiger partial charge in [0.25, 0.3) is 0 Å². The number of hydrogen-bond acceptors (Lipinski definition) is 3. The predicted octanol–water partition coefficient (Wildman–Crippen LogP) is 7.12. The molecule has 0 aromatic heterocycles. The molecule has 8 heteroatoms. The Labute approximate surface area is 216 Å². The molecule has 4 rings (SSSR count). The van der Waals surface area contributed by atoms with Crippen LogP contribution in [0.3, 0.4) is 0 Å². The van der Waals surface area contributed by atoms with E-state index in [4.69, 9.17) is 23.2 Å². The molecule has 176 valence electrons. The maximum Gasteiger partial charge on any atom is 0.244 e. The Hall–Kier alpha value is -2.25. The highest BCUT2D eigenvalue weighted by Gasteiger charge is 2.43. The summed E-state index contributed by atoms with van der Waals surface area (Å²) >= 11 is 15.6. The fourth-order valence-electron chi connectivity index (χ4n) is 4.25. The molecule has 1 atom stereocenters. The van der Waals surface area contributed by atoms with E-state index in [0.717, 1.165) is 18.5 Å². The average molecular weight is 564 g/mol. The van der Waals surface area contributed by atoms with Gasteiger partial charge < -0.3 is 5.32 Å². The van der Waals surface area contributed by atoms with Gasteiger partial charge in [0.15, 0.2) is 5.78 Å². The Morgan fingerprint density at radius 2 is 1.82 bits per heavy atom. The van der Waals surface area contributed by atoms with E-state index in [1.165, 1.54) is 18.2 Å². The van der Waals surface area contributed by atoms with Crippen LogP contribution in [0, 0.1) is 5.82 Å². The molecule has 1 aliphatic rings. The van der Waals surface area contributed by atoms with Crippen LogP contribution in [-0.4, -0.2) is 28.7 Å². The highest BCUT2D eigenvalue weighted by Crippen LogP contribution is 2.34. The normalized spacial score (nSPS) is 18.1. The molecular formula is C26H22BrCl2FN2O2. The summed E-state index contributed by atoms with van der Waals surface area (Å²) < 4.78 is 14.9. The summed E-state index contributed by atoms with van der Waals surface area (Å²) in [5, 5.41) is 3.88. The van der Waals surface area contributed by atoms with Crippen molar-refractivity contribution in [1.29, 1.82) is 0 Å². The molecule has 3 aromatic rings. The number of nitrogens with zero attached hydrogens (tertiary/aromatic N) is 1. The van der Waals surface area contributed by atoms with Gasteiger partial charge in [-0.3, -0.25) is 14.5 Å². The highest BCUT2D eigenvalue weighted by molar-refractivity contribution is 9.10. The van der Waals surface area contributed by atoms with Crippen LogP contribution < -0.4 is 5.32 Å². The average Bonchev–Trinajstić information content (AvgIpc) is 3.18. The molecule has 1 N–H and O–H groups in total. The molecule has 0 spiro atoms. The van der Waals surface area contributed by atoms with Gasteiger partial charge in [0.2, 0.25) is 5.91 Å². The lowest BCUT2D eigenvalue weighted by Gasteiger charge is -2.34. The first-order valence-corrected chi connectivity index (χ1v) is 12.3. The van der Waals surface area contributed by atoms with Gasteiger partial charge in [-0.05, 0) is 74.3 Å². The zero-order valence-electron chi connectivity index (χ0n) is 18.4. The zero-order valence-corrected chi connectivity index (χ0v) is 21.5. The molecule has 1 saturated heterocycles. The second kappa shape index (κ2) is 10.2. The van der Waals surface area contributed by atoms with Crippen LogP contribution in [-0.2, 0) is 11.3 Å². The molecule has 0 radical (unpaired) electrons. The molecule has 1 aliphatic heterocycles. The van der Waals surface area contributed by atoms with Crippen molar-refractivity contribution in [2.24, 2.45) is 0 Å². The van der Waals surface area contributed by atoms with Crippen molar-refractivity contribution in [2.75, 3.05) is 11.9 Å². The van der Waals surface area contributed by atoms with E-state index >= 15 is 0 Å². The van der Waals surface area contributed by atoms with E-state index in [2.05, 4.69) is 26.1 Å². The fourth-order valence-corrected chi connectivity index (χ4v) is 4.93. The molecule has 1 heterocycles. The summed E-state index contributed by atoms with van der Waals surface area (Å²) in [6, 6.07) is 16.2. The molecule has 0 aliphatic carbocycles. The number of anilines is 1. The maximum atomic E-state index is 14.3. The third-order valence-electron chi connectivity index (χ3n) is 6.23. The standard InChI is InChI=1S/C26H22BrCl2FN2O2/c1-26(11-4-12-32(26)15-16-7-9-20(28)21(29)13-16)25(34)31-23-10-8-17(27)14-19(23)24(33)18-5-2-3-6-22(18)30/h2-3,5-10,13-14H,4,11-12,15H2,1H3,(H,31,34)/t26-/m1/s1. The van der Waals surface area contributed by atoms with Gasteiger partial charge in [-0.1, -0.05) is 57.3 Å². The van der Waals surface area contributed by atoms with Crippen molar-refractivity contribution < 1.29 is 14.0 Å². The molecular weight excluding hydrogens is 542 g/mol. The Balaban J connectivity index is 1.60. The quantitative estimate of drug-likeness (QED) is 0.325. The van der Waals surface area contributed by atoms with Gasteiger partial charge in [-0.25, -0.2) is 4.39 Å². The largest absolute Gasteiger partial charge is 0.324 e. The second-order valence-corrected chi connectivity index (χ2v) is 10.2. The van der Waals surface area contributed by atoms with Crippen molar-refractivity contribution in [1.82, 2.24) is 4.90 Å². The molecule has 0 saturated carbocycles. The van der Waals surface area contributed by atoms with E-state index in [9.17, 15) is 14.0 Å². The first-order valence-electron chi connectivity index (χ1n) is 10.8. The van der Waals surface area contributed by atoms with Crippen molar-refractivity contribution in [3.63, 3.8) is 0 Å². The number of carbonyl (C=O) groups is 2. The van der Waals surface area contributed by atoms with Gasteiger partial charge in [0, 0.05) is 16.6 Å². The van der Waals surface area contributed by atoms with Crippen LogP contribution in [0.2, 0.25) is 10.0 Å². The van der Waals surface area contributed by atoms with Gasteiger partial charge in [0.05, 0.1) is 26.8 Å². The zero-order chi connectivity index (χ0) is 24.5. The molecule has 0 unspecified atom stereocenters. The number of amides is 1. The number of halogens is 4. The summed E-state index contributed by atoms with van der Waals surface area (Å²) in [6.45, 7) is 3.16. The van der Waals surface area contributed by atoms with Crippen molar-refractivity contribution in [3.8, 4) is 0 Å². The minimum atomic E-state index is -0.794. The number of hydrogen-bond donors (Lipinski definition) is 1. The van der Waals surface area contributed by atoms with E-state index in [1.54, 1.807) is 36.4 Å². The lowest BCUT2D eigenvalue weighted by Crippen LogP contribution is -2.50. The van der Waals surface area contributed by atoms with Crippen LogP contribution in [0.15, 0.2) is 65.1 Å². The summed E-state index contributed by atoms with van der Waals surface area (Å²) in [5.41, 5.74) is 0.658. The smallest absolute Gasteiger partial charge is 0.244 e. The van der Waals surface area contributed by atoms with Gasteiger partial charge in [0.1, 0.15) is 5.82 Å². The Morgan fingerprint density at radius 1 is 1.06 bits per heavy atom. The van der Waals surface area contributed by atoms with Crippen LogP contribution in [0.25, 0.3) is 0 Å². The number of rotatable bonds is 6. The lowest BCUT2D eigenvalue weighted by atomic mass is 9.95. The number of likely N-dealkylation sites (tertiary alicyclic amines) is 1. The predicted molar refractivity (Wildman–Crippen MR) is 137 cm³/mol. The Bertz CT molecular complexity index is 1270. The molecule has 4 nitrogen and oxygen atoms in total.